The first kappa shape index (κ1) is 13.9. The van der Waals surface area contributed by atoms with Crippen LogP contribution in [0.5, 0.6) is 0 Å². The van der Waals surface area contributed by atoms with Crippen LogP contribution in [0, 0.1) is 13.8 Å². The lowest BCUT2D eigenvalue weighted by Gasteiger charge is -2.04. The van der Waals surface area contributed by atoms with Crippen LogP contribution < -0.4 is 0 Å². The lowest BCUT2D eigenvalue weighted by Crippen LogP contribution is -1.94. The molecule has 3 heteroatoms. The maximum absolute atomic E-state index is 6.62. The number of rotatable bonds is 2. The predicted octanol–water partition coefficient (Wildman–Crippen LogP) is 5.02. The van der Waals surface area contributed by atoms with Crippen molar-refractivity contribution < 1.29 is 0 Å². The zero-order valence-electron chi connectivity index (χ0n) is 12.4. The van der Waals surface area contributed by atoms with E-state index in [4.69, 9.17) is 11.6 Å². The van der Waals surface area contributed by atoms with Crippen molar-refractivity contribution in [2.45, 2.75) is 13.8 Å². The molecular formula is C18H17ClN2. The lowest BCUT2D eigenvalue weighted by molar-refractivity contribution is 0.779. The molecule has 0 saturated heterocycles. The number of halogens is 1. The molecule has 0 N–H and O–H groups in total. The molecule has 2 nitrogen and oxygen atoms in total. The molecule has 3 rings (SSSR count). The first-order valence-corrected chi connectivity index (χ1v) is 7.30. The molecule has 1 heterocycles. The Balaban J connectivity index is 2.17. The van der Waals surface area contributed by atoms with Gasteiger partial charge in [-0.25, -0.2) is 0 Å². The van der Waals surface area contributed by atoms with Crippen LogP contribution in [-0.4, -0.2) is 9.78 Å². The molecule has 0 fully saturated rings. The van der Waals surface area contributed by atoms with Gasteiger partial charge in [-0.2, -0.15) is 5.10 Å². The van der Waals surface area contributed by atoms with Crippen molar-refractivity contribution in [1.29, 1.82) is 0 Å². The van der Waals surface area contributed by atoms with Crippen LogP contribution in [0.25, 0.3) is 22.5 Å². The number of nitrogens with zero attached hydrogens (tertiary/aromatic N) is 2. The summed E-state index contributed by atoms with van der Waals surface area (Å²) in [5.74, 6) is 0. The van der Waals surface area contributed by atoms with Crippen LogP contribution in [0.15, 0.2) is 48.5 Å². The number of aryl methyl sites for hydroxylation is 3. The topological polar surface area (TPSA) is 17.8 Å². The average molecular weight is 297 g/mol. The quantitative estimate of drug-likeness (QED) is 0.649. The Hall–Kier alpha value is -2.06. The van der Waals surface area contributed by atoms with E-state index in [1.807, 2.05) is 29.9 Å². The molecule has 0 radical (unpaired) electrons. The van der Waals surface area contributed by atoms with Gasteiger partial charge in [0.2, 0.25) is 0 Å². The molecule has 0 atom stereocenters. The minimum atomic E-state index is 0.703. The summed E-state index contributed by atoms with van der Waals surface area (Å²) in [6.45, 7) is 4.15. The van der Waals surface area contributed by atoms with E-state index < -0.39 is 0 Å². The van der Waals surface area contributed by atoms with Gasteiger partial charge in [0.15, 0.2) is 0 Å². The molecule has 0 bridgehead atoms. The molecule has 0 saturated carbocycles. The molecule has 0 spiro atoms. The van der Waals surface area contributed by atoms with Crippen molar-refractivity contribution in [2.24, 2.45) is 7.05 Å². The third-order valence-corrected chi connectivity index (χ3v) is 3.93. The minimum Gasteiger partial charge on any atom is -0.266 e. The van der Waals surface area contributed by atoms with Gasteiger partial charge in [-0.05, 0) is 26.0 Å². The van der Waals surface area contributed by atoms with Crippen LogP contribution >= 0.6 is 11.6 Å². The summed E-state index contributed by atoms with van der Waals surface area (Å²) in [6, 6.07) is 16.6. The van der Waals surface area contributed by atoms with E-state index in [9.17, 15) is 0 Å². The summed E-state index contributed by atoms with van der Waals surface area (Å²) in [5, 5.41) is 5.31. The molecule has 0 aliphatic heterocycles. The fourth-order valence-corrected chi connectivity index (χ4v) is 2.96. The van der Waals surface area contributed by atoms with Gasteiger partial charge in [0.05, 0.1) is 10.7 Å². The summed E-state index contributed by atoms with van der Waals surface area (Å²) < 4.78 is 1.86. The second kappa shape index (κ2) is 5.38. The van der Waals surface area contributed by atoms with Gasteiger partial charge < -0.3 is 0 Å². The van der Waals surface area contributed by atoms with Crippen molar-refractivity contribution in [3.05, 3.63) is 64.7 Å². The lowest BCUT2D eigenvalue weighted by atomic mass is 10.1. The summed E-state index contributed by atoms with van der Waals surface area (Å²) in [7, 11) is 1.93. The monoisotopic (exact) mass is 296 g/mol. The Bertz CT molecular complexity index is 803. The van der Waals surface area contributed by atoms with Crippen molar-refractivity contribution in [2.75, 3.05) is 0 Å². The van der Waals surface area contributed by atoms with E-state index in [-0.39, 0.29) is 0 Å². The third kappa shape index (κ3) is 2.59. The molecule has 2 aromatic carbocycles. The van der Waals surface area contributed by atoms with Crippen LogP contribution in [0.3, 0.4) is 0 Å². The maximum atomic E-state index is 6.62. The number of benzene rings is 2. The van der Waals surface area contributed by atoms with Gasteiger partial charge in [0.1, 0.15) is 5.69 Å². The Kier molecular flexibility index (Phi) is 3.56. The van der Waals surface area contributed by atoms with Gasteiger partial charge in [0.25, 0.3) is 0 Å². The second-order valence-corrected chi connectivity index (χ2v) is 5.75. The minimum absolute atomic E-state index is 0.703. The summed E-state index contributed by atoms with van der Waals surface area (Å²) in [4.78, 5) is 0. The zero-order chi connectivity index (χ0) is 15.0. The molecule has 1 aromatic heterocycles. The van der Waals surface area contributed by atoms with Gasteiger partial charge in [-0.3, -0.25) is 4.68 Å². The number of hydrogen-bond donors (Lipinski definition) is 0. The standard InChI is InChI=1S/C18H17ClN2/c1-12-6-4-8-14(10-12)17-16(19)18(21(3)20-17)15-9-5-7-13(2)11-15/h4-11H,1-3H3. The van der Waals surface area contributed by atoms with E-state index in [0.717, 1.165) is 22.5 Å². The van der Waals surface area contributed by atoms with Crippen LogP contribution in [0.2, 0.25) is 5.02 Å². The largest absolute Gasteiger partial charge is 0.266 e. The molecular weight excluding hydrogens is 280 g/mol. The van der Waals surface area contributed by atoms with Gasteiger partial charge in [-0.15, -0.1) is 0 Å². The van der Waals surface area contributed by atoms with E-state index in [1.165, 1.54) is 11.1 Å². The summed E-state index contributed by atoms with van der Waals surface area (Å²) in [6.07, 6.45) is 0. The summed E-state index contributed by atoms with van der Waals surface area (Å²) in [5.41, 5.74) is 6.34. The van der Waals surface area contributed by atoms with Crippen molar-refractivity contribution in [1.82, 2.24) is 9.78 Å². The smallest absolute Gasteiger partial charge is 0.112 e. The highest BCUT2D eigenvalue weighted by molar-refractivity contribution is 6.35. The Morgan fingerprint density at radius 1 is 0.905 bits per heavy atom. The highest BCUT2D eigenvalue weighted by Crippen LogP contribution is 2.36. The number of hydrogen-bond acceptors (Lipinski definition) is 1. The molecule has 3 aromatic rings. The average Bonchev–Trinajstić information content (AvgIpc) is 2.74. The highest BCUT2D eigenvalue weighted by atomic mass is 35.5. The van der Waals surface area contributed by atoms with Crippen LogP contribution in [-0.2, 0) is 7.05 Å². The fraction of sp³-hybridized carbons (Fsp3) is 0.167. The van der Waals surface area contributed by atoms with Crippen LogP contribution in [0.1, 0.15) is 11.1 Å². The molecule has 0 aliphatic rings. The normalized spacial score (nSPS) is 10.9. The first-order chi connectivity index (χ1) is 10.1. The maximum Gasteiger partial charge on any atom is 0.112 e. The van der Waals surface area contributed by atoms with Crippen molar-refractivity contribution in [3.8, 4) is 22.5 Å². The van der Waals surface area contributed by atoms with Gasteiger partial charge in [-0.1, -0.05) is 59.1 Å². The van der Waals surface area contributed by atoms with Crippen molar-refractivity contribution in [3.63, 3.8) is 0 Å². The zero-order valence-corrected chi connectivity index (χ0v) is 13.1. The Morgan fingerprint density at radius 3 is 2.10 bits per heavy atom. The van der Waals surface area contributed by atoms with E-state index in [1.54, 1.807) is 0 Å². The highest BCUT2D eigenvalue weighted by Gasteiger charge is 2.17. The second-order valence-electron chi connectivity index (χ2n) is 5.37. The Labute approximate surface area is 130 Å². The van der Waals surface area contributed by atoms with Crippen LogP contribution in [0.4, 0.5) is 0 Å². The molecule has 0 amide bonds. The number of aromatic nitrogens is 2. The molecule has 106 valence electrons. The summed E-state index contributed by atoms with van der Waals surface area (Å²) >= 11 is 6.62. The van der Waals surface area contributed by atoms with Gasteiger partial charge in [0, 0.05) is 18.2 Å². The predicted molar refractivity (Wildman–Crippen MR) is 88.6 cm³/mol. The van der Waals surface area contributed by atoms with E-state index in [0.29, 0.717) is 5.02 Å². The molecule has 0 unspecified atom stereocenters. The SMILES string of the molecule is Cc1cccc(-c2nn(C)c(-c3cccc(C)c3)c2Cl)c1. The van der Waals surface area contributed by atoms with E-state index >= 15 is 0 Å². The molecule has 0 aliphatic carbocycles. The van der Waals surface area contributed by atoms with Gasteiger partial charge >= 0.3 is 0 Å². The third-order valence-electron chi connectivity index (χ3n) is 3.57. The first-order valence-electron chi connectivity index (χ1n) is 6.93. The Morgan fingerprint density at radius 2 is 1.48 bits per heavy atom. The molecule has 21 heavy (non-hydrogen) atoms. The fourth-order valence-electron chi connectivity index (χ4n) is 2.58. The van der Waals surface area contributed by atoms with E-state index in [2.05, 4.69) is 49.3 Å². The van der Waals surface area contributed by atoms with Crippen molar-refractivity contribution >= 4 is 11.6 Å².